The summed E-state index contributed by atoms with van der Waals surface area (Å²) in [7, 11) is -3.76. The fourth-order valence-electron chi connectivity index (χ4n) is 1.46. The molecule has 0 radical (unpaired) electrons. The van der Waals surface area contributed by atoms with Crippen molar-refractivity contribution in [2.24, 2.45) is 0 Å². The summed E-state index contributed by atoms with van der Waals surface area (Å²) in [4.78, 5) is 7.91. The standard InChI is InChI=1S/C11H13BrN4O2S2/c1-2-5-13-8-4-3-6-14-10(8)20(17,18)16-11-15-7-9(12)19-11/h3-4,6-7,13H,2,5H2,1H3,(H,15,16). The first kappa shape index (κ1) is 15.2. The first-order valence-corrected chi connectivity index (χ1v) is 8.95. The van der Waals surface area contributed by atoms with Gasteiger partial charge in [0.05, 0.1) is 15.7 Å². The number of nitrogens with one attached hydrogen (secondary N) is 2. The van der Waals surface area contributed by atoms with E-state index in [4.69, 9.17) is 0 Å². The second-order valence-electron chi connectivity index (χ2n) is 3.86. The average Bonchev–Trinajstić information content (AvgIpc) is 2.81. The summed E-state index contributed by atoms with van der Waals surface area (Å²) in [6.45, 7) is 2.68. The third-order valence-corrected chi connectivity index (χ3v) is 5.11. The maximum Gasteiger partial charge on any atom is 0.283 e. The molecule has 0 saturated carbocycles. The Kier molecular flexibility index (Phi) is 4.95. The number of aromatic nitrogens is 2. The normalized spacial score (nSPS) is 11.3. The lowest BCUT2D eigenvalue weighted by Crippen LogP contribution is -2.17. The van der Waals surface area contributed by atoms with Crippen LogP contribution in [0.5, 0.6) is 0 Å². The summed E-state index contributed by atoms with van der Waals surface area (Å²) >= 11 is 4.44. The molecule has 2 rings (SSSR count). The molecule has 0 saturated heterocycles. The van der Waals surface area contributed by atoms with Crippen molar-refractivity contribution >= 4 is 48.1 Å². The number of halogens is 1. The van der Waals surface area contributed by atoms with Crippen molar-refractivity contribution in [3.8, 4) is 0 Å². The Morgan fingerprint density at radius 1 is 1.40 bits per heavy atom. The molecule has 2 aromatic heterocycles. The van der Waals surface area contributed by atoms with Crippen LogP contribution in [0.2, 0.25) is 0 Å². The minimum absolute atomic E-state index is 0.0280. The highest BCUT2D eigenvalue weighted by atomic mass is 79.9. The van der Waals surface area contributed by atoms with Crippen molar-refractivity contribution in [2.75, 3.05) is 16.6 Å². The highest BCUT2D eigenvalue weighted by Gasteiger charge is 2.21. The van der Waals surface area contributed by atoms with Crippen LogP contribution >= 0.6 is 27.3 Å². The van der Waals surface area contributed by atoms with E-state index >= 15 is 0 Å². The SMILES string of the molecule is CCCNc1cccnc1S(=O)(=O)Nc1ncc(Br)s1. The Labute approximate surface area is 129 Å². The zero-order chi connectivity index (χ0) is 14.6. The van der Waals surface area contributed by atoms with Crippen LogP contribution in [0.15, 0.2) is 33.3 Å². The number of nitrogens with zero attached hydrogens (tertiary/aromatic N) is 2. The predicted molar refractivity (Wildman–Crippen MR) is 83.6 cm³/mol. The fraction of sp³-hybridized carbons (Fsp3) is 0.273. The van der Waals surface area contributed by atoms with E-state index in [2.05, 4.69) is 35.9 Å². The van der Waals surface area contributed by atoms with Crippen molar-refractivity contribution in [1.29, 1.82) is 0 Å². The Morgan fingerprint density at radius 3 is 2.85 bits per heavy atom. The summed E-state index contributed by atoms with van der Waals surface area (Å²) in [5.74, 6) is 0. The number of hydrogen-bond donors (Lipinski definition) is 2. The largest absolute Gasteiger partial charge is 0.383 e. The number of anilines is 2. The summed E-state index contributed by atoms with van der Waals surface area (Å²) in [5, 5.41) is 3.32. The van der Waals surface area contributed by atoms with Crippen LogP contribution < -0.4 is 10.0 Å². The highest BCUT2D eigenvalue weighted by Crippen LogP contribution is 2.26. The lowest BCUT2D eigenvalue weighted by molar-refractivity contribution is 0.598. The first-order chi connectivity index (χ1) is 9.53. The van der Waals surface area contributed by atoms with Crippen LogP contribution in [0.25, 0.3) is 0 Å². The van der Waals surface area contributed by atoms with Crippen LogP contribution in [0.3, 0.4) is 0 Å². The third kappa shape index (κ3) is 3.68. The van der Waals surface area contributed by atoms with Gasteiger partial charge in [0.2, 0.25) is 0 Å². The van der Waals surface area contributed by atoms with E-state index in [0.29, 0.717) is 17.4 Å². The first-order valence-electron chi connectivity index (χ1n) is 5.86. The van der Waals surface area contributed by atoms with Gasteiger partial charge in [0.1, 0.15) is 0 Å². The fourth-order valence-corrected chi connectivity index (χ4v) is 3.93. The van der Waals surface area contributed by atoms with Gasteiger partial charge >= 0.3 is 0 Å². The molecule has 9 heteroatoms. The molecule has 6 nitrogen and oxygen atoms in total. The third-order valence-electron chi connectivity index (χ3n) is 2.29. The molecule has 2 aromatic rings. The van der Waals surface area contributed by atoms with Crippen LogP contribution in [0.4, 0.5) is 10.8 Å². The lowest BCUT2D eigenvalue weighted by atomic mass is 10.4. The smallest absolute Gasteiger partial charge is 0.283 e. The van der Waals surface area contributed by atoms with Gasteiger partial charge in [-0.3, -0.25) is 4.72 Å². The molecule has 0 amide bonds. The van der Waals surface area contributed by atoms with E-state index in [-0.39, 0.29) is 5.03 Å². The van der Waals surface area contributed by atoms with Gasteiger partial charge in [-0.15, -0.1) is 0 Å². The Balaban J connectivity index is 2.29. The van der Waals surface area contributed by atoms with Crippen molar-refractivity contribution in [3.05, 3.63) is 28.3 Å². The molecule has 0 aliphatic heterocycles. The molecule has 0 unspecified atom stereocenters. The average molecular weight is 377 g/mol. The molecule has 0 aromatic carbocycles. The molecule has 0 bridgehead atoms. The van der Waals surface area contributed by atoms with Gasteiger partial charge in [0, 0.05) is 12.7 Å². The van der Waals surface area contributed by atoms with Crippen LogP contribution in [-0.4, -0.2) is 24.9 Å². The number of hydrogen-bond acceptors (Lipinski definition) is 6. The van der Waals surface area contributed by atoms with Gasteiger partial charge in [-0.2, -0.15) is 8.42 Å². The second kappa shape index (κ2) is 6.51. The number of rotatable bonds is 6. The zero-order valence-electron chi connectivity index (χ0n) is 10.6. The van der Waals surface area contributed by atoms with Crippen molar-refractivity contribution in [1.82, 2.24) is 9.97 Å². The summed E-state index contributed by atoms with van der Waals surface area (Å²) < 4.78 is 27.8. The molecule has 2 heterocycles. The zero-order valence-corrected chi connectivity index (χ0v) is 13.8. The molecule has 2 N–H and O–H groups in total. The van der Waals surface area contributed by atoms with Crippen molar-refractivity contribution < 1.29 is 8.42 Å². The van der Waals surface area contributed by atoms with Crippen molar-refractivity contribution in [3.63, 3.8) is 0 Å². The van der Waals surface area contributed by atoms with E-state index in [1.54, 1.807) is 12.1 Å². The molecule has 108 valence electrons. The monoisotopic (exact) mass is 376 g/mol. The number of thiazole rings is 1. The second-order valence-corrected chi connectivity index (χ2v) is 7.87. The van der Waals surface area contributed by atoms with E-state index in [1.165, 1.54) is 23.7 Å². The van der Waals surface area contributed by atoms with Gasteiger partial charge in [-0.25, -0.2) is 9.97 Å². The van der Waals surface area contributed by atoms with Crippen LogP contribution in [0.1, 0.15) is 13.3 Å². The molecule has 0 spiro atoms. The summed E-state index contributed by atoms with van der Waals surface area (Å²) in [6, 6.07) is 3.38. The highest BCUT2D eigenvalue weighted by molar-refractivity contribution is 9.11. The quantitative estimate of drug-likeness (QED) is 0.809. The summed E-state index contributed by atoms with van der Waals surface area (Å²) in [6.07, 6.45) is 3.88. The molecule has 0 atom stereocenters. The minimum atomic E-state index is -3.76. The molecule has 20 heavy (non-hydrogen) atoms. The predicted octanol–water partition coefficient (Wildman–Crippen LogP) is 2.92. The Morgan fingerprint density at radius 2 is 2.20 bits per heavy atom. The van der Waals surface area contributed by atoms with Crippen LogP contribution in [-0.2, 0) is 10.0 Å². The molecular formula is C11H13BrN4O2S2. The maximum atomic E-state index is 12.3. The van der Waals surface area contributed by atoms with E-state index in [1.807, 2.05) is 6.92 Å². The van der Waals surface area contributed by atoms with E-state index in [0.717, 1.165) is 10.2 Å². The van der Waals surface area contributed by atoms with Gasteiger partial charge < -0.3 is 5.32 Å². The van der Waals surface area contributed by atoms with Gasteiger partial charge in [0.25, 0.3) is 10.0 Å². The van der Waals surface area contributed by atoms with E-state index in [9.17, 15) is 8.42 Å². The summed E-state index contributed by atoms with van der Waals surface area (Å²) in [5.41, 5.74) is 0.484. The topological polar surface area (TPSA) is 84.0 Å². The van der Waals surface area contributed by atoms with Gasteiger partial charge in [-0.05, 0) is 34.5 Å². The van der Waals surface area contributed by atoms with E-state index < -0.39 is 10.0 Å². The number of sulfonamides is 1. The number of pyridine rings is 1. The molecule has 0 aliphatic carbocycles. The Bertz CT molecular complexity index is 687. The lowest BCUT2D eigenvalue weighted by Gasteiger charge is -2.10. The maximum absolute atomic E-state index is 12.3. The molecule has 0 aliphatic rings. The van der Waals surface area contributed by atoms with Crippen LogP contribution in [0, 0.1) is 0 Å². The Hall–Kier alpha value is -1.19. The van der Waals surface area contributed by atoms with Gasteiger partial charge in [-0.1, -0.05) is 18.3 Å². The molecular weight excluding hydrogens is 364 g/mol. The molecule has 0 fully saturated rings. The van der Waals surface area contributed by atoms with Crippen molar-refractivity contribution in [2.45, 2.75) is 18.4 Å². The minimum Gasteiger partial charge on any atom is -0.383 e. The van der Waals surface area contributed by atoms with Gasteiger partial charge in [0.15, 0.2) is 10.2 Å².